The van der Waals surface area contributed by atoms with Gasteiger partial charge in [-0.05, 0) is 42.0 Å². The molecule has 1 fully saturated rings. The highest BCUT2D eigenvalue weighted by Gasteiger charge is 2.21. The summed E-state index contributed by atoms with van der Waals surface area (Å²) in [4.78, 5) is 16.5. The largest absolute Gasteiger partial charge is 0.454 e. The van der Waals surface area contributed by atoms with Crippen LogP contribution in [0.5, 0.6) is 11.5 Å². The molecule has 0 radical (unpaired) electrons. The van der Waals surface area contributed by atoms with E-state index in [1.54, 1.807) is 0 Å². The number of benzene rings is 2. The first kappa shape index (κ1) is 16.8. The Kier molecular flexibility index (Phi) is 4.75. The Morgan fingerprint density at radius 1 is 1.00 bits per heavy atom. The lowest BCUT2D eigenvalue weighted by atomic mass is 10.2. The van der Waals surface area contributed by atoms with Gasteiger partial charge < -0.3 is 24.6 Å². The zero-order chi connectivity index (χ0) is 17.9. The molecule has 0 bridgehead atoms. The maximum absolute atomic E-state index is 12.4. The molecule has 0 aromatic heterocycles. The number of ether oxygens (including phenoxy) is 2. The first-order valence-corrected chi connectivity index (χ1v) is 8.99. The Balaban J connectivity index is 1.27. The van der Waals surface area contributed by atoms with E-state index in [0.717, 1.165) is 40.9 Å². The van der Waals surface area contributed by atoms with Crippen LogP contribution in [0.4, 0.5) is 10.5 Å². The Morgan fingerprint density at radius 2 is 1.73 bits per heavy atom. The minimum atomic E-state index is -0.0431. The number of rotatable bonds is 3. The summed E-state index contributed by atoms with van der Waals surface area (Å²) < 4.78 is 10.7. The Labute approximate surface area is 157 Å². The molecule has 0 saturated carbocycles. The van der Waals surface area contributed by atoms with E-state index in [1.807, 2.05) is 47.4 Å². The van der Waals surface area contributed by atoms with E-state index < -0.39 is 0 Å². The Morgan fingerprint density at radius 3 is 2.50 bits per heavy atom. The van der Waals surface area contributed by atoms with Crippen molar-refractivity contribution in [3.63, 3.8) is 0 Å². The third-order valence-corrected chi connectivity index (χ3v) is 4.89. The number of nitrogens with zero attached hydrogens (tertiary/aromatic N) is 2. The molecule has 2 aliphatic heterocycles. The fourth-order valence-electron chi connectivity index (χ4n) is 3.16. The second-order valence-electron chi connectivity index (χ2n) is 6.30. The van der Waals surface area contributed by atoms with Crippen LogP contribution in [0.1, 0.15) is 5.56 Å². The van der Waals surface area contributed by atoms with Crippen LogP contribution in [-0.4, -0.2) is 43.9 Å². The van der Waals surface area contributed by atoms with Gasteiger partial charge in [-0.25, -0.2) is 4.79 Å². The number of halogens is 1. The van der Waals surface area contributed by atoms with Gasteiger partial charge in [0.05, 0.1) is 0 Å². The summed E-state index contributed by atoms with van der Waals surface area (Å²) in [6, 6.07) is 13.5. The number of urea groups is 1. The predicted molar refractivity (Wildman–Crippen MR) is 100 cm³/mol. The van der Waals surface area contributed by atoms with Crippen molar-refractivity contribution in [3.05, 3.63) is 53.1 Å². The molecular formula is C19H20ClN3O3. The second-order valence-corrected chi connectivity index (χ2v) is 6.73. The van der Waals surface area contributed by atoms with Crippen molar-refractivity contribution in [2.45, 2.75) is 6.54 Å². The van der Waals surface area contributed by atoms with Crippen molar-refractivity contribution in [1.29, 1.82) is 0 Å². The number of amides is 2. The van der Waals surface area contributed by atoms with Gasteiger partial charge in [-0.1, -0.05) is 17.7 Å². The number of hydrogen-bond donors (Lipinski definition) is 1. The van der Waals surface area contributed by atoms with Gasteiger partial charge in [0.1, 0.15) is 0 Å². The third kappa shape index (κ3) is 3.65. The summed E-state index contributed by atoms with van der Waals surface area (Å²) in [6.45, 7) is 3.71. The van der Waals surface area contributed by atoms with Crippen LogP contribution in [-0.2, 0) is 6.54 Å². The fraction of sp³-hybridized carbons (Fsp3) is 0.316. The summed E-state index contributed by atoms with van der Waals surface area (Å²) >= 11 is 5.94. The molecule has 2 aromatic rings. The van der Waals surface area contributed by atoms with Crippen LogP contribution in [0.3, 0.4) is 0 Å². The van der Waals surface area contributed by atoms with E-state index in [1.165, 1.54) is 0 Å². The first-order chi connectivity index (χ1) is 12.7. The second kappa shape index (κ2) is 7.33. The SMILES string of the molecule is O=C(NCc1ccc2c(c1)OCO2)N1CCN(c2ccc(Cl)cc2)CC1. The van der Waals surface area contributed by atoms with Gasteiger partial charge in [-0.2, -0.15) is 0 Å². The standard InChI is InChI=1S/C19H20ClN3O3/c20-15-2-4-16(5-3-15)22-7-9-23(10-8-22)19(24)21-12-14-1-6-17-18(11-14)26-13-25-17/h1-6,11H,7-10,12-13H2,(H,21,24). The number of piperazine rings is 1. The molecule has 0 unspecified atom stereocenters. The average molecular weight is 374 g/mol. The summed E-state index contributed by atoms with van der Waals surface area (Å²) in [5, 5.41) is 3.71. The van der Waals surface area contributed by atoms with Crippen LogP contribution >= 0.6 is 11.6 Å². The maximum Gasteiger partial charge on any atom is 0.317 e. The van der Waals surface area contributed by atoms with Crippen LogP contribution in [0, 0.1) is 0 Å². The quantitative estimate of drug-likeness (QED) is 0.898. The van der Waals surface area contributed by atoms with Crippen LogP contribution in [0.25, 0.3) is 0 Å². The smallest absolute Gasteiger partial charge is 0.317 e. The molecule has 0 atom stereocenters. The minimum Gasteiger partial charge on any atom is -0.454 e. The van der Waals surface area contributed by atoms with E-state index in [4.69, 9.17) is 21.1 Å². The highest BCUT2D eigenvalue weighted by Crippen LogP contribution is 2.32. The molecular weight excluding hydrogens is 354 g/mol. The lowest BCUT2D eigenvalue weighted by Gasteiger charge is -2.36. The Hall–Kier alpha value is -2.60. The van der Waals surface area contributed by atoms with Gasteiger partial charge >= 0.3 is 6.03 Å². The molecule has 2 aromatic carbocycles. The van der Waals surface area contributed by atoms with Gasteiger partial charge in [0.2, 0.25) is 6.79 Å². The van der Waals surface area contributed by atoms with E-state index >= 15 is 0 Å². The van der Waals surface area contributed by atoms with E-state index in [9.17, 15) is 4.79 Å². The average Bonchev–Trinajstić information content (AvgIpc) is 3.15. The van der Waals surface area contributed by atoms with Gasteiger partial charge in [0, 0.05) is 43.4 Å². The predicted octanol–water partition coefficient (Wildman–Crippen LogP) is 3.10. The van der Waals surface area contributed by atoms with Crippen molar-refractivity contribution in [2.75, 3.05) is 37.9 Å². The lowest BCUT2D eigenvalue weighted by Crippen LogP contribution is -2.51. The van der Waals surface area contributed by atoms with Crippen molar-refractivity contribution in [3.8, 4) is 11.5 Å². The first-order valence-electron chi connectivity index (χ1n) is 8.61. The van der Waals surface area contributed by atoms with E-state index in [0.29, 0.717) is 19.6 Å². The van der Waals surface area contributed by atoms with Crippen LogP contribution in [0.15, 0.2) is 42.5 Å². The van der Waals surface area contributed by atoms with Gasteiger partial charge in [-0.15, -0.1) is 0 Å². The molecule has 1 saturated heterocycles. The molecule has 26 heavy (non-hydrogen) atoms. The van der Waals surface area contributed by atoms with Gasteiger partial charge in [0.15, 0.2) is 11.5 Å². The maximum atomic E-state index is 12.4. The monoisotopic (exact) mass is 373 g/mol. The number of carbonyl (C=O) groups is 1. The molecule has 136 valence electrons. The number of carbonyl (C=O) groups excluding carboxylic acids is 1. The van der Waals surface area contributed by atoms with Gasteiger partial charge in [-0.3, -0.25) is 0 Å². The van der Waals surface area contributed by atoms with Crippen molar-refractivity contribution >= 4 is 23.3 Å². The van der Waals surface area contributed by atoms with Crippen molar-refractivity contribution < 1.29 is 14.3 Å². The normalized spacial score (nSPS) is 15.9. The molecule has 2 amide bonds. The van der Waals surface area contributed by atoms with Crippen LogP contribution in [0.2, 0.25) is 5.02 Å². The summed E-state index contributed by atoms with van der Waals surface area (Å²) in [6.07, 6.45) is 0. The fourth-order valence-corrected chi connectivity index (χ4v) is 3.29. The molecule has 7 heteroatoms. The number of fused-ring (bicyclic) bond motifs is 1. The highest BCUT2D eigenvalue weighted by atomic mass is 35.5. The zero-order valence-electron chi connectivity index (χ0n) is 14.3. The molecule has 0 aliphatic carbocycles. The number of anilines is 1. The number of hydrogen-bond acceptors (Lipinski definition) is 4. The van der Waals surface area contributed by atoms with E-state index in [2.05, 4.69) is 10.2 Å². The lowest BCUT2D eigenvalue weighted by molar-refractivity contribution is 0.174. The highest BCUT2D eigenvalue weighted by molar-refractivity contribution is 6.30. The van der Waals surface area contributed by atoms with E-state index in [-0.39, 0.29) is 12.8 Å². The molecule has 1 N–H and O–H groups in total. The van der Waals surface area contributed by atoms with Crippen molar-refractivity contribution in [2.24, 2.45) is 0 Å². The Bertz CT molecular complexity index is 789. The topological polar surface area (TPSA) is 54.0 Å². The number of nitrogens with one attached hydrogen (secondary N) is 1. The summed E-state index contributed by atoms with van der Waals surface area (Å²) in [7, 11) is 0. The molecule has 4 rings (SSSR count). The molecule has 0 spiro atoms. The zero-order valence-corrected chi connectivity index (χ0v) is 15.0. The molecule has 2 aliphatic rings. The molecule has 6 nitrogen and oxygen atoms in total. The van der Waals surface area contributed by atoms with Gasteiger partial charge in [0.25, 0.3) is 0 Å². The molecule has 2 heterocycles. The van der Waals surface area contributed by atoms with Crippen LogP contribution < -0.4 is 19.7 Å². The summed E-state index contributed by atoms with van der Waals surface area (Å²) in [5.41, 5.74) is 2.12. The summed E-state index contributed by atoms with van der Waals surface area (Å²) in [5.74, 6) is 1.48. The third-order valence-electron chi connectivity index (χ3n) is 4.64. The van der Waals surface area contributed by atoms with Crippen molar-refractivity contribution in [1.82, 2.24) is 10.2 Å². The minimum absolute atomic E-state index is 0.0431.